The lowest BCUT2D eigenvalue weighted by molar-refractivity contribution is -0.00712. The van der Waals surface area contributed by atoms with Crippen LogP contribution in [0.1, 0.15) is 11.7 Å². The lowest BCUT2D eigenvalue weighted by Crippen LogP contribution is -2.07. The minimum atomic E-state index is -2.99. The van der Waals surface area contributed by atoms with E-state index in [1.807, 2.05) is 0 Å². The zero-order valence-electron chi connectivity index (χ0n) is 6.48. The highest BCUT2D eigenvalue weighted by atomic mass is 19.3. The fraction of sp³-hybridized carbons (Fsp3) is 0.250. The van der Waals surface area contributed by atoms with Crippen molar-refractivity contribution in [2.75, 3.05) is 0 Å². The van der Waals surface area contributed by atoms with E-state index in [1.54, 1.807) is 0 Å². The van der Waals surface area contributed by atoms with Crippen molar-refractivity contribution in [3.63, 3.8) is 0 Å². The van der Waals surface area contributed by atoms with Crippen molar-refractivity contribution in [2.45, 2.75) is 12.5 Å². The number of para-hydroxylation sites is 1. The van der Waals surface area contributed by atoms with Gasteiger partial charge in [0.15, 0.2) is 11.5 Å². The number of benzene rings is 1. The molecule has 0 aromatic heterocycles. The van der Waals surface area contributed by atoms with Gasteiger partial charge in [0.2, 0.25) is 0 Å². The van der Waals surface area contributed by atoms with Crippen LogP contribution in [-0.2, 0) is 0 Å². The van der Waals surface area contributed by atoms with Gasteiger partial charge in [-0.3, -0.25) is 0 Å². The Labute approximate surface area is 72.9 Å². The molecule has 0 aliphatic rings. The highest BCUT2D eigenvalue weighted by Gasteiger charge is 2.23. The molecule has 0 radical (unpaired) electrons. The predicted molar refractivity (Wildman–Crippen MR) is 40.7 cm³/mol. The normalized spacial score (nSPS) is 13.2. The molecule has 0 saturated carbocycles. The molecule has 1 aromatic rings. The molecule has 0 bridgehead atoms. The zero-order valence-corrected chi connectivity index (χ0v) is 6.48. The molecule has 0 fully saturated rings. The number of aliphatic hydroxyl groups excluding tert-OH is 1. The standard InChI is InChI=1S/C8H8F2O3/c9-8(10)7(13)4-2-1-3-5(11)6(4)12/h1-3,7-8,11-13H. The monoisotopic (exact) mass is 190 g/mol. The minimum absolute atomic E-state index is 0.380. The molecule has 0 aliphatic carbocycles. The third kappa shape index (κ3) is 1.86. The fourth-order valence-electron chi connectivity index (χ4n) is 0.923. The van der Waals surface area contributed by atoms with Gasteiger partial charge in [0, 0.05) is 5.56 Å². The van der Waals surface area contributed by atoms with Crippen LogP contribution >= 0.6 is 0 Å². The SMILES string of the molecule is Oc1cccc(C(O)C(F)F)c1O. The molecule has 0 spiro atoms. The minimum Gasteiger partial charge on any atom is -0.504 e. The van der Waals surface area contributed by atoms with Crippen molar-refractivity contribution in [3.05, 3.63) is 23.8 Å². The average Bonchev–Trinajstić information content (AvgIpc) is 2.08. The van der Waals surface area contributed by atoms with Gasteiger partial charge in [-0.2, -0.15) is 0 Å². The summed E-state index contributed by atoms with van der Waals surface area (Å²) in [4.78, 5) is 0. The maximum absolute atomic E-state index is 12.0. The highest BCUT2D eigenvalue weighted by Crippen LogP contribution is 2.34. The summed E-state index contributed by atoms with van der Waals surface area (Å²) in [5.41, 5.74) is -0.380. The Hall–Kier alpha value is -1.36. The number of rotatable bonds is 2. The second-order valence-electron chi connectivity index (χ2n) is 2.49. The zero-order chi connectivity index (χ0) is 10.0. The molecule has 0 heterocycles. The van der Waals surface area contributed by atoms with Crippen LogP contribution in [0.25, 0.3) is 0 Å². The van der Waals surface area contributed by atoms with E-state index in [9.17, 15) is 8.78 Å². The Balaban J connectivity index is 3.07. The van der Waals surface area contributed by atoms with Crippen molar-refractivity contribution >= 4 is 0 Å². The number of phenolic OH excluding ortho intramolecular Hbond substituents is 2. The second kappa shape index (κ2) is 3.57. The van der Waals surface area contributed by atoms with Crippen molar-refractivity contribution < 1.29 is 24.1 Å². The van der Waals surface area contributed by atoms with Crippen LogP contribution in [0.2, 0.25) is 0 Å². The molecule has 1 atom stereocenters. The Kier molecular flexibility index (Phi) is 2.67. The van der Waals surface area contributed by atoms with Gasteiger partial charge in [0.25, 0.3) is 6.43 Å². The number of halogens is 2. The van der Waals surface area contributed by atoms with Crippen molar-refractivity contribution in [3.8, 4) is 11.5 Å². The molecule has 3 nitrogen and oxygen atoms in total. The first-order chi connectivity index (χ1) is 6.04. The third-order valence-electron chi connectivity index (χ3n) is 1.60. The highest BCUT2D eigenvalue weighted by molar-refractivity contribution is 5.45. The van der Waals surface area contributed by atoms with E-state index in [0.29, 0.717) is 0 Å². The number of phenols is 2. The van der Waals surface area contributed by atoms with Gasteiger partial charge in [-0.1, -0.05) is 12.1 Å². The van der Waals surface area contributed by atoms with Crippen molar-refractivity contribution in [1.29, 1.82) is 0 Å². The lowest BCUT2D eigenvalue weighted by atomic mass is 10.1. The summed E-state index contributed by atoms with van der Waals surface area (Å²) >= 11 is 0. The fourth-order valence-corrected chi connectivity index (χ4v) is 0.923. The summed E-state index contributed by atoms with van der Waals surface area (Å²) < 4.78 is 24.0. The largest absolute Gasteiger partial charge is 0.504 e. The van der Waals surface area contributed by atoms with Gasteiger partial charge in [-0.25, -0.2) is 8.78 Å². The number of aliphatic hydroxyl groups is 1. The smallest absolute Gasteiger partial charge is 0.268 e. The van der Waals surface area contributed by atoms with E-state index >= 15 is 0 Å². The molecule has 5 heteroatoms. The molecule has 1 rings (SSSR count). The summed E-state index contributed by atoms with van der Waals surface area (Å²) in [6.45, 7) is 0. The van der Waals surface area contributed by atoms with Gasteiger partial charge in [-0.15, -0.1) is 0 Å². The van der Waals surface area contributed by atoms with Gasteiger partial charge in [0.1, 0.15) is 6.10 Å². The molecule has 1 unspecified atom stereocenters. The van der Waals surface area contributed by atoms with E-state index in [2.05, 4.69) is 0 Å². The topological polar surface area (TPSA) is 60.7 Å². The molecule has 0 amide bonds. The maximum atomic E-state index is 12.0. The Morgan fingerprint density at radius 3 is 2.31 bits per heavy atom. The van der Waals surface area contributed by atoms with E-state index in [0.717, 1.165) is 12.1 Å². The molecule has 0 saturated heterocycles. The number of hydrogen-bond acceptors (Lipinski definition) is 3. The number of aromatic hydroxyl groups is 2. The number of alkyl halides is 2. The third-order valence-corrected chi connectivity index (χ3v) is 1.60. The summed E-state index contributed by atoms with van der Waals surface area (Å²) in [7, 11) is 0. The van der Waals surface area contributed by atoms with Crippen LogP contribution < -0.4 is 0 Å². The average molecular weight is 190 g/mol. The molecule has 1 aromatic carbocycles. The Morgan fingerprint density at radius 2 is 1.77 bits per heavy atom. The van der Waals surface area contributed by atoms with E-state index in [-0.39, 0.29) is 5.56 Å². The van der Waals surface area contributed by atoms with E-state index in [1.165, 1.54) is 6.07 Å². The van der Waals surface area contributed by atoms with Crippen LogP contribution in [-0.4, -0.2) is 21.7 Å². The van der Waals surface area contributed by atoms with Gasteiger partial charge < -0.3 is 15.3 Å². The first kappa shape index (κ1) is 9.73. The predicted octanol–water partition coefficient (Wildman–Crippen LogP) is 1.40. The first-order valence-electron chi connectivity index (χ1n) is 3.51. The number of hydrogen-bond donors (Lipinski definition) is 3. The first-order valence-corrected chi connectivity index (χ1v) is 3.51. The van der Waals surface area contributed by atoms with Crippen LogP contribution in [0.15, 0.2) is 18.2 Å². The second-order valence-corrected chi connectivity index (χ2v) is 2.49. The summed E-state index contributed by atoms with van der Waals surface area (Å²) in [6, 6.07) is 3.51. The summed E-state index contributed by atoms with van der Waals surface area (Å²) in [5, 5.41) is 26.9. The Bertz CT molecular complexity index is 301. The van der Waals surface area contributed by atoms with Crippen molar-refractivity contribution in [1.82, 2.24) is 0 Å². The van der Waals surface area contributed by atoms with Crippen LogP contribution in [0, 0.1) is 0 Å². The molecule has 0 aliphatic heterocycles. The van der Waals surface area contributed by atoms with E-state index < -0.39 is 24.0 Å². The maximum Gasteiger partial charge on any atom is 0.268 e. The van der Waals surface area contributed by atoms with Crippen LogP contribution in [0.4, 0.5) is 8.78 Å². The molecular formula is C8H8F2O3. The molecular weight excluding hydrogens is 182 g/mol. The Morgan fingerprint density at radius 1 is 1.15 bits per heavy atom. The van der Waals surface area contributed by atoms with E-state index in [4.69, 9.17) is 15.3 Å². The van der Waals surface area contributed by atoms with Gasteiger partial charge in [-0.05, 0) is 6.07 Å². The van der Waals surface area contributed by atoms with Gasteiger partial charge >= 0.3 is 0 Å². The van der Waals surface area contributed by atoms with Crippen LogP contribution in [0.3, 0.4) is 0 Å². The van der Waals surface area contributed by atoms with Gasteiger partial charge in [0.05, 0.1) is 0 Å². The lowest BCUT2D eigenvalue weighted by Gasteiger charge is -2.11. The summed E-state index contributed by atoms with van der Waals surface area (Å²) in [6.07, 6.45) is -5.07. The van der Waals surface area contributed by atoms with Crippen molar-refractivity contribution in [2.24, 2.45) is 0 Å². The molecule has 72 valence electrons. The summed E-state index contributed by atoms with van der Waals surface area (Å²) in [5.74, 6) is -1.24. The van der Waals surface area contributed by atoms with Crippen LogP contribution in [0.5, 0.6) is 11.5 Å². The molecule has 3 N–H and O–H groups in total. The molecule has 13 heavy (non-hydrogen) atoms. The quantitative estimate of drug-likeness (QED) is 0.617.